The number of anilines is 1. The van der Waals surface area contributed by atoms with Crippen molar-refractivity contribution in [2.45, 2.75) is 19.5 Å². The molecule has 0 radical (unpaired) electrons. The molecule has 1 amide bonds. The number of hydrogen-bond donors (Lipinski definition) is 1. The second kappa shape index (κ2) is 9.91. The maximum absolute atomic E-state index is 12.6. The molecule has 4 rings (SSSR count). The number of nitrogens with one attached hydrogen (secondary N) is 1. The predicted molar refractivity (Wildman–Crippen MR) is 122 cm³/mol. The average molecular weight is 429 g/mol. The van der Waals surface area contributed by atoms with Gasteiger partial charge in [0.2, 0.25) is 0 Å². The SMILES string of the molecule is Cl.N#Cc1ccc(NC(=O)c2cccc(CN3CCc4cc(C#N)ccc4C3)c2)cc1. The molecule has 1 heterocycles. The van der Waals surface area contributed by atoms with E-state index in [9.17, 15) is 4.79 Å². The highest BCUT2D eigenvalue weighted by Crippen LogP contribution is 2.22. The Labute approximate surface area is 188 Å². The summed E-state index contributed by atoms with van der Waals surface area (Å²) in [5.74, 6) is -0.172. The predicted octanol–water partition coefficient (Wildman–Crippen LogP) is 4.66. The number of carbonyl (C=O) groups excluding carboxylic acids is 1. The highest BCUT2D eigenvalue weighted by Gasteiger charge is 2.17. The zero-order valence-corrected chi connectivity index (χ0v) is 17.7. The Kier molecular flexibility index (Phi) is 7.05. The van der Waals surface area contributed by atoms with Crippen LogP contribution in [0.15, 0.2) is 66.7 Å². The van der Waals surface area contributed by atoms with Crippen molar-refractivity contribution in [1.82, 2.24) is 4.90 Å². The van der Waals surface area contributed by atoms with Crippen LogP contribution in [0.1, 0.15) is 38.2 Å². The summed E-state index contributed by atoms with van der Waals surface area (Å²) in [5, 5.41) is 20.8. The molecule has 154 valence electrons. The van der Waals surface area contributed by atoms with Crippen molar-refractivity contribution >= 4 is 24.0 Å². The van der Waals surface area contributed by atoms with Gasteiger partial charge in [-0.2, -0.15) is 10.5 Å². The Morgan fingerprint density at radius 3 is 2.42 bits per heavy atom. The lowest BCUT2D eigenvalue weighted by Gasteiger charge is -2.29. The third-order valence-electron chi connectivity index (χ3n) is 5.29. The first-order valence-electron chi connectivity index (χ1n) is 9.79. The number of carbonyl (C=O) groups is 1. The van der Waals surface area contributed by atoms with E-state index in [0.29, 0.717) is 22.4 Å². The fraction of sp³-hybridized carbons (Fsp3) is 0.160. The molecule has 0 atom stereocenters. The molecule has 6 heteroatoms. The van der Waals surface area contributed by atoms with Crippen LogP contribution in [0.2, 0.25) is 0 Å². The first kappa shape index (κ1) is 22.1. The number of nitrogens with zero attached hydrogens (tertiary/aromatic N) is 3. The quantitative estimate of drug-likeness (QED) is 0.655. The third kappa shape index (κ3) is 5.29. The zero-order chi connectivity index (χ0) is 20.9. The molecule has 1 aliphatic heterocycles. The monoisotopic (exact) mass is 428 g/mol. The van der Waals surface area contributed by atoms with E-state index in [0.717, 1.165) is 31.6 Å². The lowest BCUT2D eigenvalue weighted by atomic mass is 9.97. The van der Waals surface area contributed by atoms with E-state index in [-0.39, 0.29) is 18.3 Å². The number of benzene rings is 3. The van der Waals surface area contributed by atoms with Gasteiger partial charge in [-0.25, -0.2) is 0 Å². The summed E-state index contributed by atoms with van der Waals surface area (Å²) >= 11 is 0. The molecule has 0 saturated carbocycles. The first-order chi connectivity index (χ1) is 14.6. The summed E-state index contributed by atoms with van der Waals surface area (Å²) < 4.78 is 0. The molecule has 0 unspecified atom stereocenters. The van der Waals surface area contributed by atoms with Crippen LogP contribution in [0, 0.1) is 22.7 Å². The number of halogens is 1. The van der Waals surface area contributed by atoms with Gasteiger partial charge >= 0.3 is 0 Å². The summed E-state index contributed by atoms with van der Waals surface area (Å²) in [6.07, 6.45) is 0.920. The van der Waals surface area contributed by atoms with Gasteiger partial charge in [0.25, 0.3) is 5.91 Å². The minimum absolute atomic E-state index is 0. The molecular weight excluding hydrogens is 408 g/mol. The van der Waals surface area contributed by atoms with E-state index < -0.39 is 0 Å². The Hall–Kier alpha value is -3.64. The van der Waals surface area contributed by atoms with E-state index in [1.54, 1.807) is 30.3 Å². The fourth-order valence-electron chi connectivity index (χ4n) is 3.72. The largest absolute Gasteiger partial charge is 0.322 e. The Balaban J connectivity index is 0.00000272. The van der Waals surface area contributed by atoms with Gasteiger partial charge in [0.15, 0.2) is 0 Å². The van der Waals surface area contributed by atoms with Crippen molar-refractivity contribution in [1.29, 1.82) is 10.5 Å². The van der Waals surface area contributed by atoms with Crippen LogP contribution in [-0.2, 0) is 19.5 Å². The number of fused-ring (bicyclic) bond motifs is 1. The van der Waals surface area contributed by atoms with Crippen LogP contribution in [0.5, 0.6) is 0 Å². The number of hydrogen-bond acceptors (Lipinski definition) is 4. The molecule has 0 aromatic heterocycles. The second-order valence-electron chi connectivity index (χ2n) is 7.40. The molecule has 0 saturated heterocycles. The van der Waals surface area contributed by atoms with Crippen molar-refractivity contribution in [2.75, 3.05) is 11.9 Å². The van der Waals surface area contributed by atoms with Gasteiger partial charge in [0.1, 0.15) is 0 Å². The van der Waals surface area contributed by atoms with E-state index >= 15 is 0 Å². The fourth-order valence-corrected chi connectivity index (χ4v) is 3.72. The van der Waals surface area contributed by atoms with E-state index in [1.807, 2.05) is 36.4 Å². The van der Waals surface area contributed by atoms with Crippen LogP contribution in [0.4, 0.5) is 5.69 Å². The topological polar surface area (TPSA) is 79.9 Å². The van der Waals surface area contributed by atoms with Gasteiger partial charge in [-0.05, 0) is 71.6 Å². The first-order valence-corrected chi connectivity index (χ1v) is 9.79. The van der Waals surface area contributed by atoms with E-state index in [4.69, 9.17) is 10.5 Å². The Bertz CT molecular complexity index is 1180. The van der Waals surface area contributed by atoms with Crippen molar-refractivity contribution in [3.8, 4) is 12.1 Å². The summed E-state index contributed by atoms with van der Waals surface area (Å²) in [6, 6.07) is 24.6. The van der Waals surface area contributed by atoms with Crippen molar-refractivity contribution in [2.24, 2.45) is 0 Å². The number of nitriles is 2. The van der Waals surface area contributed by atoms with E-state index in [1.165, 1.54) is 11.1 Å². The Morgan fingerprint density at radius 2 is 1.68 bits per heavy atom. The summed E-state index contributed by atoms with van der Waals surface area (Å²) in [4.78, 5) is 15.0. The molecule has 1 aliphatic rings. The van der Waals surface area contributed by atoms with Gasteiger partial charge < -0.3 is 5.32 Å². The molecule has 0 aliphatic carbocycles. The summed E-state index contributed by atoms with van der Waals surface area (Å²) in [5.41, 5.74) is 6.13. The van der Waals surface area contributed by atoms with Crippen molar-refractivity contribution in [3.05, 3.63) is 100 Å². The second-order valence-corrected chi connectivity index (χ2v) is 7.40. The smallest absolute Gasteiger partial charge is 0.255 e. The van der Waals surface area contributed by atoms with Gasteiger partial charge in [-0.15, -0.1) is 12.4 Å². The third-order valence-corrected chi connectivity index (χ3v) is 5.29. The maximum Gasteiger partial charge on any atom is 0.255 e. The normalized spacial score (nSPS) is 12.6. The molecule has 5 nitrogen and oxygen atoms in total. The van der Waals surface area contributed by atoms with Gasteiger partial charge in [0, 0.05) is 30.9 Å². The van der Waals surface area contributed by atoms with Gasteiger partial charge in [-0.3, -0.25) is 9.69 Å². The molecule has 3 aromatic rings. The van der Waals surface area contributed by atoms with Crippen LogP contribution in [0.25, 0.3) is 0 Å². The van der Waals surface area contributed by atoms with Crippen LogP contribution in [-0.4, -0.2) is 17.4 Å². The highest BCUT2D eigenvalue weighted by atomic mass is 35.5. The molecule has 1 N–H and O–H groups in total. The van der Waals surface area contributed by atoms with Crippen LogP contribution >= 0.6 is 12.4 Å². The molecule has 31 heavy (non-hydrogen) atoms. The van der Waals surface area contributed by atoms with Crippen LogP contribution < -0.4 is 5.32 Å². The number of rotatable bonds is 4. The lowest BCUT2D eigenvalue weighted by Crippen LogP contribution is -2.30. The summed E-state index contributed by atoms with van der Waals surface area (Å²) in [6.45, 7) is 2.52. The Morgan fingerprint density at radius 1 is 0.935 bits per heavy atom. The molecule has 0 bridgehead atoms. The van der Waals surface area contributed by atoms with E-state index in [2.05, 4.69) is 22.4 Å². The summed E-state index contributed by atoms with van der Waals surface area (Å²) in [7, 11) is 0. The maximum atomic E-state index is 12.6. The minimum atomic E-state index is -0.172. The van der Waals surface area contributed by atoms with Gasteiger partial charge in [-0.1, -0.05) is 18.2 Å². The molecule has 0 fully saturated rings. The molecule has 3 aromatic carbocycles. The minimum Gasteiger partial charge on any atom is -0.322 e. The highest BCUT2D eigenvalue weighted by molar-refractivity contribution is 6.04. The lowest BCUT2D eigenvalue weighted by molar-refractivity contribution is 0.102. The van der Waals surface area contributed by atoms with Gasteiger partial charge in [0.05, 0.1) is 23.3 Å². The van der Waals surface area contributed by atoms with Crippen LogP contribution in [0.3, 0.4) is 0 Å². The van der Waals surface area contributed by atoms with Crippen molar-refractivity contribution in [3.63, 3.8) is 0 Å². The molecular formula is C25H21ClN4O. The van der Waals surface area contributed by atoms with Crippen molar-refractivity contribution < 1.29 is 4.79 Å². The zero-order valence-electron chi connectivity index (χ0n) is 16.8. The molecule has 0 spiro atoms. The number of amides is 1. The standard InChI is InChI=1S/C25H20N4O.ClH/c26-14-18-5-8-24(9-6-18)28-25(30)22-3-1-2-20(13-22)16-29-11-10-21-12-19(15-27)4-7-23(21)17-29;/h1-9,12-13H,10-11,16-17H2,(H,28,30);1H. The average Bonchev–Trinajstić information content (AvgIpc) is 2.79.